The van der Waals surface area contributed by atoms with E-state index in [1.54, 1.807) is 29.5 Å². The van der Waals surface area contributed by atoms with Gasteiger partial charge < -0.3 is 9.40 Å². The van der Waals surface area contributed by atoms with Crippen LogP contribution in [0.4, 0.5) is 5.69 Å². The quantitative estimate of drug-likeness (QED) is 0.254. The molecule has 0 fully saturated rings. The summed E-state index contributed by atoms with van der Waals surface area (Å²) in [4.78, 5) is 37.4. The smallest absolute Gasteiger partial charge is 0.270 e. The minimum atomic E-state index is -0.417. The number of thiazole rings is 1. The molecule has 8 nitrogen and oxygen atoms in total. The first-order valence-corrected chi connectivity index (χ1v) is 12.4. The minimum absolute atomic E-state index is 0.0404. The average molecular weight is 483 g/mol. The number of nitro benzene ring substituents is 1. The first kappa shape index (κ1) is 19.6. The Hall–Kier alpha value is -3.02. The fourth-order valence-corrected chi connectivity index (χ4v) is 7.18. The summed E-state index contributed by atoms with van der Waals surface area (Å²) in [6.45, 7) is 0. The zero-order chi connectivity index (χ0) is 21.8. The van der Waals surface area contributed by atoms with Gasteiger partial charge in [-0.25, -0.2) is 9.97 Å². The number of hydrogen-bond donors (Lipinski definition) is 1. The number of nitrogens with one attached hydrogen (secondary N) is 1. The molecule has 0 bridgehead atoms. The third-order valence-corrected chi connectivity index (χ3v) is 8.58. The van der Waals surface area contributed by atoms with Crippen LogP contribution in [0.3, 0.4) is 0 Å². The predicted octanol–water partition coefficient (Wildman–Crippen LogP) is 5.79. The van der Waals surface area contributed by atoms with Crippen molar-refractivity contribution in [2.75, 3.05) is 0 Å². The van der Waals surface area contributed by atoms with Crippen molar-refractivity contribution in [3.63, 3.8) is 0 Å². The topological polar surface area (TPSA) is 115 Å². The molecule has 0 unspecified atom stereocenters. The fraction of sp³-hybridized carbons (Fsp3) is 0.190. The number of nitrogens with zero attached hydrogens (tertiary/aromatic N) is 3. The Kier molecular flexibility index (Phi) is 4.63. The number of fused-ring (bicyclic) bond motifs is 4. The standard InChI is InChI=1S/C21H14N4O4S3/c26-19-17-11-3-1-2-4-14(11)30-20(17)24-18(23-19)13-7-8-16(29-13)32-21-22-12-6-5-10(25(27)28)9-15(12)31-21/h5-9H,1-4H2,(H,23,24,26). The van der Waals surface area contributed by atoms with Crippen LogP contribution in [0.1, 0.15) is 23.3 Å². The third-order valence-electron chi connectivity index (χ3n) is 5.39. The lowest BCUT2D eigenvalue weighted by Gasteiger charge is -2.09. The second-order valence-corrected chi connectivity index (χ2v) is 10.8. The maximum absolute atomic E-state index is 12.8. The molecule has 1 N–H and O–H groups in total. The van der Waals surface area contributed by atoms with E-state index in [-0.39, 0.29) is 11.2 Å². The molecule has 160 valence electrons. The van der Waals surface area contributed by atoms with Gasteiger partial charge in [-0.15, -0.1) is 22.7 Å². The van der Waals surface area contributed by atoms with E-state index in [4.69, 9.17) is 4.42 Å². The molecule has 0 radical (unpaired) electrons. The zero-order valence-electron chi connectivity index (χ0n) is 16.4. The molecule has 11 heteroatoms. The largest absolute Gasteiger partial charge is 0.446 e. The summed E-state index contributed by atoms with van der Waals surface area (Å²) in [6.07, 6.45) is 4.21. The van der Waals surface area contributed by atoms with E-state index in [9.17, 15) is 14.9 Å². The lowest BCUT2D eigenvalue weighted by molar-refractivity contribution is -0.384. The van der Waals surface area contributed by atoms with E-state index in [0.717, 1.165) is 46.2 Å². The molecule has 0 saturated carbocycles. The highest BCUT2D eigenvalue weighted by molar-refractivity contribution is 8.01. The van der Waals surface area contributed by atoms with Crippen molar-refractivity contribution in [2.24, 2.45) is 0 Å². The molecule has 1 aliphatic rings. The summed E-state index contributed by atoms with van der Waals surface area (Å²) in [5, 5.41) is 12.3. The molecule has 0 atom stereocenters. The second-order valence-electron chi connectivity index (χ2n) is 7.42. The molecule has 1 aromatic carbocycles. The first-order valence-electron chi connectivity index (χ1n) is 9.93. The van der Waals surface area contributed by atoms with Gasteiger partial charge in [0.25, 0.3) is 11.2 Å². The van der Waals surface area contributed by atoms with Gasteiger partial charge in [-0.3, -0.25) is 14.9 Å². The molecule has 4 aromatic heterocycles. The molecule has 0 saturated heterocycles. The highest BCUT2D eigenvalue weighted by Crippen LogP contribution is 2.38. The minimum Gasteiger partial charge on any atom is -0.446 e. The first-order chi connectivity index (χ1) is 15.5. The fourth-order valence-electron chi connectivity index (χ4n) is 3.92. The van der Waals surface area contributed by atoms with Crippen LogP contribution >= 0.6 is 34.4 Å². The van der Waals surface area contributed by atoms with Crippen molar-refractivity contribution in [1.29, 1.82) is 0 Å². The summed E-state index contributed by atoms with van der Waals surface area (Å²) in [6, 6.07) is 8.19. The van der Waals surface area contributed by atoms with Gasteiger partial charge in [-0.1, -0.05) is 0 Å². The van der Waals surface area contributed by atoms with Gasteiger partial charge in [-0.05, 0) is 61.2 Å². The van der Waals surface area contributed by atoms with E-state index in [0.29, 0.717) is 26.5 Å². The average Bonchev–Trinajstić information content (AvgIpc) is 3.49. The number of H-pyrrole nitrogens is 1. The Labute approximate surface area is 192 Å². The van der Waals surface area contributed by atoms with Gasteiger partial charge in [0.2, 0.25) is 0 Å². The number of furan rings is 1. The third kappa shape index (κ3) is 3.33. The Morgan fingerprint density at radius 1 is 1.12 bits per heavy atom. The lowest BCUT2D eigenvalue weighted by atomic mass is 9.97. The molecule has 1 aliphatic carbocycles. The van der Waals surface area contributed by atoms with E-state index in [1.807, 2.05) is 0 Å². The van der Waals surface area contributed by atoms with Crippen LogP contribution in [0.2, 0.25) is 0 Å². The van der Waals surface area contributed by atoms with Crippen LogP contribution in [0.25, 0.3) is 32.0 Å². The molecule has 5 aromatic rings. The maximum Gasteiger partial charge on any atom is 0.270 e. The zero-order valence-corrected chi connectivity index (χ0v) is 18.9. The van der Waals surface area contributed by atoms with Gasteiger partial charge in [0.15, 0.2) is 21.0 Å². The van der Waals surface area contributed by atoms with Crippen molar-refractivity contribution < 1.29 is 9.34 Å². The predicted molar refractivity (Wildman–Crippen MR) is 125 cm³/mol. The van der Waals surface area contributed by atoms with Crippen molar-refractivity contribution in [3.05, 3.63) is 61.2 Å². The van der Waals surface area contributed by atoms with Gasteiger partial charge in [0, 0.05) is 17.0 Å². The Bertz CT molecular complexity index is 1580. The van der Waals surface area contributed by atoms with E-state index >= 15 is 0 Å². The highest BCUT2D eigenvalue weighted by Gasteiger charge is 2.21. The Morgan fingerprint density at radius 2 is 2.00 bits per heavy atom. The van der Waals surface area contributed by atoms with Crippen molar-refractivity contribution in [3.8, 4) is 11.6 Å². The van der Waals surface area contributed by atoms with Crippen molar-refractivity contribution >= 4 is 60.6 Å². The van der Waals surface area contributed by atoms with Crippen LogP contribution < -0.4 is 5.56 Å². The van der Waals surface area contributed by atoms with Gasteiger partial charge >= 0.3 is 0 Å². The molecule has 4 heterocycles. The lowest BCUT2D eigenvalue weighted by Crippen LogP contribution is -2.10. The van der Waals surface area contributed by atoms with Gasteiger partial charge in [0.05, 0.1) is 20.5 Å². The number of hydrogen-bond acceptors (Lipinski definition) is 9. The molecule has 0 spiro atoms. The number of nitro groups is 1. The number of rotatable bonds is 4. The van der Waals surface area contributed by atoms with Crippen LogP contribution in [-0.4, -0.2) is 19.9 Å². The summed E-state index contributed by atoms with van der Waals surface area (Å²) in [5.74, 6) is 0.891. The maximum atomic E-state index is 12.8. The molecule has 0 amide bonds. The van der Waals surface area contributed by atoms with Crippen LogP contribution in [-0.2, 0) is 12.8 Å². The monoisotopic (exact) mass is 482 g/mol. The van der Waals surface area contributed by atoms with Gasteiger partial charge in [-0.2, -0.15) is 0 Å². The summed E-state index contributed by atoms with van der Waals surface area (Å²) in [7, 11) is 0. The summed E-state index contributed by atoms with van der Waals surface area (Å²) >= 11 is 4.29. The Balaban J connectivity index is 1.31. The highest BCUT2D eigenvalue weighted by atomic mass is 32.2. The van der Waals surface area contributed by atoms with Crippen molar-refractivity contribution in [2.45, 2.75) is 35.1 Å². The summed E-state index contributed by atoms with van der Waals surface area (Å²) < 4.78 is 7.39. The molecule has 0 aliphatic heterocycles. The molecule has 32 heavy (non-hydrogen) atoms. The van der Waals surface area contributed by atoms with Crippen LogP contribution in [0, 0.1) is 10.1 Å². The van der Waals surface area contributed by atoms with Crippen molar-refractivity contribution in [1.82, 2.24) is 15.0 Å². The van der Waals surface area contributed by atoms with E-state index < -0.39 is 4.92 Å². The summed E-state index contributed by atoms with van der Waals surface area (Å²) in [5.41, 5.74) is 1.78. The van der Waals surface area contributed by atoms with Crippen LogP contribution in [0.15, 0.2) is 49.0 Å². The number of aromatic nitrogens is 3. The Morgan fingerprint density at radius 3 is 2.88 bits per heavy atom. The SMILES string of the molecule is O=c1[nH]c(-c2ccc(Sc3nc4ccc([N+](=O)[O-])cc4s3)o2)nc2sc3c(c12)CCCC3. The number of benzene rings is 1. The number of aryl methyl sites for hydroxylation is 2. The molecular weight excluding hydrogens is 468 g/mol. The second kappa shape index (κ2) is 7.54. The molecular formula is C21H14N4O4S3. The van der Waals surface area contributed by atoms with Crippen LogP contribution in [0.5, 0.6) is 0 Å². The number of thiophene rings is 1. The number of aromatic amines is 1. The molecule has 6 rings (SSSR count). The number of non-ortho nitro benzene ring substituents is 1. The van der Waals surface area contributed by atoms with E-state index in [2.05, 4.69) is 15.0 Å². The normalized spacial score (nSPS) is 13.6. The van der Waals surface area contributed by atoms with Gasteiger partial charge in [0.1, 0.15) is 4.83 Å². The van der Waals surface area contributed by atoms with E-state index in [1.165, 1.54) is 40.1 Å².